The van der Waals surface area contributed by atoms with Gasteiger partial charge in [0.25, 0.3) is 0 Å². The Labute approximate surface area is 188 Å². The molecule has 0 spiro atoms. The molecular formula is C21H19F3N2O6S. The fourth-order valence-corrected chi connectivity index (χ4v) is 3.99. The van der Waals surface area contributed by atoms with Crippen LogP contribution in [0.3, 0.4) is 0 Å². The van der Waals surface area contributed by atoms with Gasteiger partial charge in [-0.25, -0.2) is 4.79 Å². The normalized spacial score (nSPS) is 15.4. The predicted molar refractivity (Wildman–Crippen MR) is 112 cm³/mol. The van der Waals surface area contributed by atoms with Crippen LogP contribution in [0.15, 0.2) is 64.7 Å². The van der Waals surface area contributed by atoms with Gasteiger partial charge in [0.05, 0.1) is 24.9 Å². The third-order valence-electron chi connectivity index (χ3n) is 4.49. The molecule has 1 heterocycles. The molecule has 2 aromatic carbocycles. The first kappa shape index (κ1) is 24.1. The Morgan fingerprint density at radius 2 is 1.76 bits per heavy atom. The summed E-state index contributed by atoms with van der Waals surface area (Å²) in [6.07, 6.45) is -3.83. The summed E-state index contributed by atoms with van der Waals surface area (Å²) < 4.78 is 81.2. The van der Waals surface area contributed by atoms with Crippen molar-refractivity contribution in [1.82, 2.24) is 4.31 Å². The van der Waals surface area contributed by atoms with Crippen LogP contribution in [0.1, 0.15) is 18.1 Å². The molecule has 3 rings (SSSR count). The number of nitrogens with zero attached hydrogens (tertiary/aromatic N) is 2. The van der Waals surface area contributed by atoms with Gasteiger partial charge in [0.2, 0.25) is 0 Å². The van der Waals surface area contributed by atoms with Crippen LogP contribution in [0.25, 0.3) is 0 Å². The van der Waals surface area contributed by atoms with E-state index in [1.54, 1.807) is 24.3 Å². The second-order valence-corrected chi connectivity index (χ2v) is 8.37. The number of methoxy groups -OCH3 is 1. The zero-order valence-electron chi connectivity index (χ0n) is 17.5. The smallest absolute Gasteiger partial charge is 0.497 e. The lowest BCUT2D eigenvalue weighted by Crippen LogP contribution is -2.31. The van der Waals surface area contributed by atoms with Crippen LogP contribution in [-0.2, 0) is 32.9 Å². The standard InChI is InChI=1S/C21H19F3N2O6S/c1-14-18(20(27)31-13-16-5-3-4-6-19(16)32-21(22,23)24)12-26(33(28,29)25-14)11-15-7-9-17(30-2)10-8-15/h3-10,12H,11,13H2,1-2H3. The summed E-state index contributed by atoms with van der Waals surface area (Å²) in [4.78, 5) is 12.6. The molecule has 0 unspecified atom stereocenters. The third kappa shape index (κ3) is 6.25. The minimum atomic E-state index is -4.91. The average molecular weight is 484 g/mol. The van der Waals surface area contributed by atoms with Gasteiger partial charge in [-0.05, 0) is 30.7 Å². The van der Waals surface area contributed by atoms with E-state index in [4.69, 9.17) is 9.47 Å². The van der Waals surface area contributed by atoms with Gasteiger partial charge in [-0.1, -0.05) is 30.3 Å². The maximum Gasteiger partial charge on any atom is 0.573 e. The summed E-state index contributed by atoms with van der Waals surface area (Å²) in [6.45, 7) is 0.680. The summed E-state index contributed by atoms with van der Waals surface area (Å²) in [5, 5.41) is 0. The van der Waals surface area contributed by atoms with Crippen molar-refractivity contribution in [2.45, 2.75) is 26.4 Å². The van der Waals surface area contributed by atoms with E-state index in [0.29, 0.717) is 11.3 Å². The number of rotatable bonds is 7. The maximum absolute atomic E-state index is 12.6. The van der Waals surface area contributed by atoms with Crippen molar-refractivity contribution in [1.29, 1.82) is 0 Å². The Morgan fingerprint density at radius 3 is 2.39 bits per heavy atom. The minimum absolute atomic E-state index is 0.0168. The van der Waals surface area contributed by atoms with Crippen molar-refractivity contribution in [3.8, 4) is 11.5 Å². The van der Waals surface area contributed by atoms with Crippen molar-refractivity contribution in [2.24, 2.45) is 4.40 Å². The number of esters is 1. The number of hydrogen-bond acceptors (Lipinski definition) is 6. The highest BCUT2D eigenvalue weighted by Crippen LogP contribution is 2.27. The van der Waals surface area contributed by atoms with E-state index in [9.17, 15) is 26.4 Å². The van der Waals surface area contributed by atoms with Crippen LogP contribution < -0.4 is 9.47 Å². The van der Waals surface area contributed by atoms with E-state index < -0.39 is 34.9 Å². The zero-order chi connectivity index (χ0) is 24.2. The molecule has 2 aromatic rings. The van der Waals surface area contributed by atoms with Gasteiger partial charge >= 0.3 is 22.5 Å². The number of carbonyl (C=O) groups is 1. The van der Waals surface area contributed by atoms with E-state index in [1.165, 1.54) is 32.2 Å². The van der Waals surface area contributed by atoms with Crippen LogP contribution in [-0.4, -0.2) is 37.9 Å². The SMILES string of the molecule is COc1ccc(CN2C=C(C(=O)OCc3ccccc3OC(F)(F)F)C(C)=NS2(=O)=O)cc1. The quantitative estimate of drug-likeness (QED) is 0.556. The highest BCUT2D eigenvalue weighted by Gasteiger charge is 2.32. The Morgan fingerprint density at radius 1 is 1.09 bits per heavy atom. The lowest BCUT2D eigenvalue weighted by Gasteiger charge is -2.23. The number of alkyl halides is 3. The topological polar surface area (TPSA) is 94.5 Å². The molecule has 8 nitrogen and oxygen atoms in total. The molecule has 176 valence electrons. The van der Waals surface area contributed by atoms with Crippen molar-refractivity contribution < 1.29 is 40.6 Å². The summed E-state index contributed by atoms with van der Waals surface area (Å²) in [6, 6.07) is 11.8. The molecule has 0 saturated heterocycles. The third-order valence-corrected chi connectivity index (χ3v) is 5.82. The summed E-state index contributed by atoms with van der Waals surface area (Å²) >= 11 is 0. The Hall–Kier alpha value is -3.54. The largest absolute Gasteiger partial charge is 0.573 e. The van der Waals surface area contributed by atoms with Crippen LogP contribution in [0.4, 0.5) is 13.2 Å². The number of para-hydroxylation sites is 1. The summed E-state index contributed by atoms with van der Waals surface area (Å²) in [7, 11) is -2.59. The van der Waals surface area contributed by atoms with Crippen LogP contribution >= 0.6 is 0 Å². The number of hydrogen-bond donors (Lipinski definition) is 0. The molecule has 0 bridgehead atoms. The number of ether oxygens (including phenoxy) is 3. The fourth-order valence-electron chi connectivity index (χ4n) is 2.89. The van der Waals surface area contributed by atoms with Gasteiger partial charge in [0.15, 0.2) is 0 Å². The molecule has 0 N–H and O–H groups in total. The molecule has 0 atom stereocenters. The van der Waals surface area contributed by atoms with Gasteiger partial charge in [-0.3, -0.25) is 4.31 Å². The fraction of sp³-hybridized carbons (Fsp3) is 0.238. The molecule has 33 heavy (non-hydrogen) atoms. The first-order valence-corrected chi connectivity index (χ1v) is 10.8. The van der Waals surface area contributed by atoms with E-state index in [0.717, 1.165) is 16.6 Å². The van der Waals surface area contributed by atoms with E-state index in [2.05, 4.69) is 9.13 Å². The predicted octanol–water partition coefficient (Wildman–Crippen LogP) is 3.74. The molecule has 0 radical (unpaired) electrons. The number of carbonyl (C=O) groups excluding carboxylic acids is 1. The summed E-state index contributed by atoms with van der Waals surface area (Å²) in [5.41, 5.74) is 0.339. The van der Waals surface area contributed by atoms with Crippen molar-refractivity contribution in [3.05, 3.63) is 71.4 Å². The molecule has 0 saturated carbocycles. The molecule has 0 aliphatic carbocycles. The second-order valence-electron chi connectivity index (χ2n) is 6.82. The van der Waals surface area contributed by atoms with Crippen molar-refractivity contribution in [2.75, 3.05) is 7.11 Å². The molecule has 0 amide bonds. The summed E-state index contributed by atoms with van der Waals surface area (Å²) in [5.74, 6) is -0.874. The minimum Gasteiger partial charge on any atom is -0.497 e. The van der Waals surface area contributed by atoms with Crippen molar-refractivity contribution in [3.63, 3.8) is 0 Å². The number of benzene rings is 2. The highest BCUT2D eigenvalue weighted by molar-refractivity contribution is 7.88. The monoisotopic (exact) mass is 484 g/mol. The van der Waals surface area contributed by atoms with Crippen LogP contribution in [0.5, 0.6) is 11.5 Å². The molecule has 1 aliphatic rings. The van der Waals surface area contributed by atoms with E-state index in [-0.39, 0.29) is 23.4 Å². The van der Waals surface area contributed by atoms with Gasteiger partial charge in [0, 0.05) is 11.8 Å². The average Bonchev–Trinajstić information content (AvgIpc) is 2.74. The van der Waals surface area contributed by atoms with Crippen molar-refractivity contribution >= 4 is 21.9 Å². The molecular weight excluding hydrogens is 465 g/mol. The first-order chi connectivity index (χ1) is 15.5. The Bertz CT molecular complexity index is 1190. The zero-order valence-corrected chi connectivity index (χ0v) is 18.3. The Kier molecular flexibility index (Phi) is 6.96. The maximum atomic E-state index is 12.6. The lowest BCUT2D eigenvalue weighted by molar-refractivity contribution is -0.275. The molecule has 12 heteroatoms. The van der Waals surface area contributed by atoms with E-state index in [1.807, 2.05) is 0 Å². The van der Waals surface area contributed by atoms with Gasteiger partial charge in [-0.15, -0.1) is 17.6 Å². The molecule has 0 aromatic heterocycles. The van der Waals surface area contributed by atoms with Gasteiger partial charge < -0.3 is 14.2 Å². The van der Waals surface area contributed by atoms with Crippen LogP contribution in [0, 0.1) is 0 Å². The first-order valence-electron chi connectivity index (χ1n) is 9.43. The lowest BCUT2D eigenvalue weighted by atomic mass is 10.2. The Balaban J connectivity index is 1.77. The van der Waals surface area contributed by atoms with Crippen LogP contribution in [0.2, 0.25) is 0 Å². The molecule has 1 aliphatic heterocycles. The highest BCUT2D eigenvalue weighted by atomic mass is 32.2. The van der Waals surface area contributed by atoms with Gasteiger partial charge in [0.1, 0.15) is 18.1 Å². The van der Waals surface area contributed by atoms with Gasteiger partial charge in [-0.2, -0.15) is 8.42 Å². The number of halogens is 3. The molecule has 0 fully saturated rings. The van der Waals surface area contributed by atoms with E-state index >= 15 is 0 Å². The second kappa shape index (κ2) is 9.53.